The SMILES string of the molecule is O=C1CC[C@@H](NCc2ccc(O)c(CN3CCOCC3)c2)[C@H](c2cc(F)cc(F)c2)N1. The van der Waals surface area contributed by atoms with Crippen molar-refractivity contribution in [3.8, 4) is 5.75 Å². The summed E-state index contributed by atoms with van der Waals surface area (Å²) in [6, 6.07) is 8.16. The van der Waals surface area contributed by atoms with Crippen LogP contribution in [0.15, 0.2) is 36.4 Å². The van der Waals surface area contributed by atoms with Crippen LogP contribution in [0, 0.1) is 11.6 Å². The van der Waals surface area contributed by atoms with Crippen molar-refractivity contribution in [3.05, 3.63) is 64.7 Å². The number of halogens is 2. The van der Waals surface area contributed by atoms with Gasteiger partial charge in [0.15, 0.2) is 0 Å². The largest absolute Gasteiger partial charge is 0.508 e. The first-order chi connectivity index (χ1) is 15.0. The Hall–Kier alpha value is -2.55. The molecule has 1 amide bonds. The van der Waals surface area contributed by atoms with Gasteiger partial charge in [-0.2, -0.15) is 0 Å². The van der Waals surface area contributed by atoms with E-state index in [1.54, 1.807) is 6.07 Å². The molecule has 0 bridgehead atoms. The highest BCUT2D eigenvalue weighted by Crippen LogP contribution is 2.27. The van der Waals surface area contributed by atoms with E-state index in [0.717, 1.165) is 30.3 Å². The Bertz CT molecular complexity index is 914. The fourth-order valence-electron chi connectivity index (χ4n) is 4.21. The molecule has 2 aromatic rings. The number of hydrogen-bond donors (Lipinski definition) is 3. The molecular formula is C23H27F2N3O3. The summed E-state index contributed by atoms with van der Waals surface area (Å²) in [5, 5.41) is 16.5. The Balaban J connectivity index is 1.45. The van der Waals surface area contributed by atoms with Crippen LogP contribution in [0.5, 0.6) is 5.75 Å². The molecule has 0 spiro atoms. The van der Waals surface area contributed by atoms with Crippen molar-refractivity contribution in [2.45, 2.75) is 38.0 Å². The number of ether oxygens (including phenoxy) is 1. The van der Waals surface area contributed by atoms with Gasteiger partial charge in [-0.1, -0.05) is 6.07 Å². The van der Waals surface area contributed by atoms with Crippen molar-refractivity contribution < 1.29 is 23.4 Å². The molecule has 2 heterocycles. The summed E-state index contributed by atoms with van der Waals surface area (Å²) in [5.74, 6) is -1.21. The van der Waals surface area contributed by atoms with Crippen LogP contribution in [0.2, 0.25) is 0 Å². The van der Waals surface area contributed by atoms with Crippen molar-refractivity contribution in [1.29, 1.82) is 0 Å². The fraction of sp³-hybridized carbons (Fsp3) is 0.435. The number of piperidine rings is 1. The molecule has 2 aliphatic heterocycles. The second kappa shape index (κ2) is 9.72. The molecule has 2 aliphatic rings. The number of carbonyl (C=O) groups excluding carboxylic acids is 1. The average molecular weight is 431 g/mol. The minimum atomic E-state index is -0.667. The molecule has 0 aliphatic carbocycles. The summed E-state index contributed by atoms with van der Waals surface area (Å²) in [6.07, 6.45) is 0.914. The predicted molar refractivity (Wildman–Crippen MR) is 111 cm³/mol. The van der Waals surface area contributed by atoms with E-state index >= 15 is 0 Å². The number of amides is 1. The second-order valence-corrected chi connectivity index (χ2v) is 8.13. The quantitative estimate of drug-likeness (QED) is 0.656. The van der Waals surface area contributed by atoms with Crippen LogP contribution in [-0.2, 0) is 22.6 Å². The zero-order valence-corrected chi connectivity index (χ0v) is 17.2. The van der Waals surface area contributed by atoms with Crippen molar-refractivity contribution in [2.24, 2.45) is 0 Å². The van der Waals surface area contributed by atoms with Gasteiger partial charge in [0.25, 0.3) is 0 Å². The number of morpholine rings is 1. The lowest BCUT2D eigenvalue weighted by molar-refractivity contribution is -0.123. The summed E-state index contributed by atoms with van der Waals surface area (Å²) in [4.78, 5) is 14.2. The number of aromatic hydroxyl groups is 1. The van der Waals surface area contributed by atoms with Crippen molar-refractivity contribution >= 4 is 5.91 Å². The predicted octanol–water partition coefficient (Wildman–Crippen LogP) is 2.61. The van der Waals surface area contributed by atoms with Gasteiger partial charge in [0.1, 0.15) is 17.4 Å². The van der Waals surface area contributed by atoms with Crippen LogP contribution < -0.4 is 10.6 Å². The number of phenolic OH excluding ortho intramolecular Hbond substituents is 1. The van der Waals surface area contributed by atoms with Gasteiger partial charge in [-0.3, -0.25) is 9.69 Å². The normalized spacial score (nSPS) is 22.3. The van der Waals surface area contributed by atoms with E-state index in [9.17, 15) is 18.7 Å². The summed E-state index contributed by atoms with van der Waals surface area (Å²) >= 11 is 0. The van der Waals surface area contributed by atoms with Gasteiger partial charge in [0, 0.05) is 50.3 Å². The Morgan fingerprint density at radius 1 is 1.13 bits per heavy atom. The highest BCUT2D eigenvalue weighted by Gasteiger charge is 2.30. The highest BCUT2D eigenvalue weighted by atomic mass is 19.1. The maximum atomic E-state index is 13.7. The van der Waals surface area contributed by atoms with Gasteiger partial charge in [0.05, 0.1) is 19.3 Å². The molecule has 6 nitrogen and oxygen atoms in total. The van der Waals surface area contributed by atoms with E-state index in [1.807, 2.05) is 12.1 Å². The van der Waals surface area contributed by atoms with Crippen LogP contribution in [0.1, 0.15) is 35.6 Å². The van der Waals surface area contributed by atoms with Crippen LogP contribution in [-0.4, -0.2) is 48.3 Å². The van der Waals surface area contributed by atoms with Gasteiger partial charge in [-0.05, 0) is 41.8 Å². The Kier molecular flexibility index (Phi) is 6.80. The Morgan fingerprint density at radius 2 is 1.87 bits per heavy atom. The standard InChI is InChI=1S/C23H27F2N3O3/c24-18-10-16(11-19(25)12-18)23-20(2-4-22(30)27-23)26-13-15-1-3-21(29)17(9-15)14-28-5-7-31-8-6-28/h1,3,9-12,20,23,26,29H,2,4-8,13-14H2,(H,27,30)/t20-,23+/m1/s1. The molecule has 0 aromatic heterocycles. The maximum Gasteiger partial charge on any atom is 0.220 e. The van der Waals surface area contributed by atoms with Crippen molar-refractivity contribution in [2.75, 3.05) is 26.3 Å². The summed E-state index contributed by atoms with van der Waals surface area (Å²) in [7, 11) is 0. The van der Waals surface area contributed by atoms with Gasteiger partial charge in [0.2, 0.25) is 5.91 Å². The van der Waals surface area contributed by atoms with E-state index in [0.29, 0.717) is 44.7 Å². The first kappa shape index (κ1) is 21.7. The van der Waals surface area contributed by atoms with E-state index in [1.165, 1.54) is 12.1 Å². The number of nitrogens with zero attached hydrogens (tertiary/aromatic N) is 1. The molecule has 3 N–H and O–H groups in total. The van der Waals surface area contributed by atoms with E-state index in [4.69, 9.17) is 4.74 Å². The zero-order valence-electron chi connectivity index (χ0n) is 17.2. The minimum absolute atomic E-state index is 0.134. The first-order valence-corrected chi connectivity index (χ1v) is 10.6. The molecule has 166 valence electrons. The maximum absolute atomic E-state index is 13.7. The minimum Gasteiger partial charge on any atom is -0.508 e. The van der Waals surface area contributed by atoms with E-state index < -0.39 is 17.7 Å². The van der Waals surface area contributed by atoms with Crippen LogP contribution in [0.4, 0.5) is 8.78 Å². The topological polar surface area (TPSA) is 73.8 Å². The van der Waals surface area contributed by atoms with Crippen LogP contribution >= 0.6 is 0 Å². The zero-order chi connectivity index (χ0) is 21.8. The number of hydrogen-bond acceptors (Lipinski definition) is 5. The molecule has 2 saturated heterocycles. The summed E-state index contributed by atoms with van der Waals surface area (Å²) in [6.45, 7) is 4.19. The lowest BCUT2D eigenvalue weighted by atomic mass is 9.91. The third-order valence-electron chi connectivity index (χ3n) is 5.86. The summed E-state index contributed by atoms with van der Waals surface area (Å²) in [5.41, 5.74) is 2.24. The number of phenols is 1. The number of carbonyl (C=O) groups is 1. The van der Waals surface area contributed by atoms with Crippen molar-refractivity contribution in [1.82, 2.24) is 15.5 Å². The Labute approximate surface area is 180 Å². The molecule has 0 unspecified atom stereocenters. The molecule has 31 heavy (non-hydrogen) atoms. The van der Waals surface area contributed by atoms with Gasteiger partial charge in [-0.25, -0.2) is 8.78 Å². The second-order valence-electron chi connectivity index (χ2n) is 8.13. The number of nitrogens with one attached hydrogen (secondary N) is 2. The number of benzene rings is 2. The van der Waals surface area contributed by atoms with Gasteiger partial charge >= 0.3 is 0 Å². The van der Waals surface area contributed by atoms with Crippen LogP contribution in [0.3, 0.4) is 0 Å². The van der Waals surface area contributed by atoms with Gasteiger partial charge < -0.3 is 20.5 Å². The average Bonchev–Trinajstić information content (AvgIpc) is 2.75. The third kappa shape index (κ3) is 5.58. The van der Waals surface area contributed by atoms with Gasteiger partial charge in [-0.15, -0.1) is 0 Å². The van der Waals surface area contributed by atoms with E-state index in [2.05, 4.69) is 15.5 Å². The molecular weight excluding hydrogens is 404 g/mol. The molecule has 0 saturated carbocycles. The lowest BCUT2D eigenvalue weighted by Crippen LogP contribution is -2.48. The highest BCUT2D eigenvalue weighted by molar-refractivity contribution is 5.77. The molecule has 2 aromatic carbocycles. The Morgan fingerprint density at radius 3 is 2.61 bits per heavy atom. The fourth-order valence-corrected chi connectivity index (χ4v) is 4.21. The molecule has 2 fully saturated rings. The molecule has 2 atom stereocenters. The van der Waals surface area contributed by atoms with Crippen LogP contribution in [0.25, 0.3) is 0 Å². The van der Waals surface area contributed by atoms with E-state index in [-0.39, 0.29) is 17.7 Å². The number of rotatable bonds is 6. The molecule has 0 radical (unpaired) electrons. The summed E-state index contributed by atoms with van der Waals surface area (Å²) < 4.78 is 32.8. The third-order valence-corrected chi connectivity index (χ3v) is 5.86. The molecule has 8 heteroatoms. The smallest absolute Gasteiger partial charge is 0.220 e. The monoisotopic (exact) mass is 431 g/mol. The lowest BCUT2D eigenvalue weighted by Gasteiger charge is -2.33. The van der Waals surface area contributed by atoms with Crippen molar-refractivity contribution in [3.63, 3.8) is 0 Å². The first-order valence-electron chi connectivity index (χ1n) is 10.6. The molecule has 4 rings (SSSR count).